The van der Waals surface area contributed by atoms with Gasteiger partial charge in [-0.25, -0.2) is 8.42 Å². The number of hydrogen-bond donors (Lipinski definition) is 1. The summed E-state index contributed by atoms with van der Waals surface area (Å²) in [6.45, 7) is 2.26. The molecule has 3 rings (SSSR count). The Kier molecular flexibility index (Phi) is 3.75. The molecule has 0 amide bonds. The van der Waals surface area contributed by atoms with Crippen molar-refractivity contribution in [3.8, 4) is 0 Å². The molecule has 6 heteroatoms. The van der Waals surface area contributed by atoms with Crippen LogP contribution in [0.4, 0.5) is 5.69 Å². The third-order valence-electron chi connectivity index (χ3n) is 4.33. The Morgan fingerprint density at radius 2 is 2.00 bits per heavy atom. The number of Topliss-reactive ketones (excluding diaryl/α,β-unsaturated/α-hetero) is 1. The zero-order valence-electron chi connectivity index (χ0n) is 12.1. The van der Waals surface area contributed by atoms with Crippen molar-refractivity contribution in [2.24, 2.45) is 5.92 Å². The van der Waals surface area contributed by atoms with Crippen LogP contribution in [0.1, 0.15) is 28.8 Å². The van der Waals surface area contributed by atoms with E-state index in [2.05, 4.69) is 5.32 Å². The average Bonchev–Trinajstić information content (AvgIpc) is 2.90. The largest absolute Gasteiger partial charge is 0.317 e. The summed E-state index contributed by atoms with van der Waals surface area (Å²) < 4.78 is 24.8. The smallest absolute Gasteiger partial charge is 0.232 e. The first kappa shape index (κ1) is 14.5. The predicted octanol–water partition coefficient (Wildman–Crippen LogP) is 1.19. The molecule has 2 aliphatic rings. The van der Waals surface area contributed by atoms with Gasteiger partial charge in [0.2, 0.25) is 10.0 Å². The van der Waals surface area contributed by atoms with Gasteiger partial charge in [0.05, 0.1) is 11.9 Å². The maximum Gasteiger partial charge on any atom is 0.232 e. The molecule has 0 unspecified atom stereocenters. The third kappa shape index (κ3) is 2.82. The molecule has 1 aromatic rings. The van der Waals surface area contributed by atoms with E-state index in [-0.39, 0.29) is 11.7 Å². The van der Waals surface area contributed by atoms with Crippen molar-refractivity contribution < 1.29 is 13.2 Å². The Balaban J connectivity index is 1.86. The molecular weight excluding hydrogens is 288 g/mol. The van der Waals surface area contributed by atoms with E-state index < -0.39 is 10.0 Å². The molecule has 0 radical (unpaired) electrons. The first-order chi connectivity index (χ1) is 9.97. The number of hydrogen-bond acceptors (Lipinski definition) is 4. The number of benzene rings is 1. The first-order valence-electron chi connectivity index (χ1n) is 7.32. The van der Waals surface area contributed by atoms with Gasteiger partial charge in [0.25, 0.3) is 0 Å². The van der Waals surface area contributed by atoms with Gasteiger partial charge in [-0.05, 0) is 56.1 Å². The van der Waals surface area contributed by atoms with Crippen molar-refractivity contribution >= 4 is 21.5 Å². The van der Waals surface area contributed by atoms with Crippen LogP contribution in [0.3, 0.4) is 0 Å². The van der Waals surface area contributed by atoms with Gasteiger partial charge in [-0.15, -0.1) is 0 Å². The van der Waals surface area contributed by atoms with Crippen LogP contribution in [0.2, 0.25) is 0 Å². The van der Waals surface area contributed by atoms with E-state index in [0.29, 0.717) is 13.0 Å². The summed E-state index contributed by atoms with van der Waals surface area (Å²) in [6, 6.07) is 5.43. The molecule has 1 aromatic carbocycles. The van der Waals surface area contributed by atoms with Crippen molar-refractivity contribution in [3.05, 3.63) is 29.3 Å². The summed E-state index contributed by atoms with van der Waals surface area (Å²) in [5.74, 6) is 0.286. The molecule has 1 fully saturated rings. The van der Waals surface area contributed by atoms with Crippen molar-refractivity contribution in [1.29, 1.82) is 0 Å². The van der Waals surface area contributed by atoms with Crippen LogP contribution >= 0.6 is 0 Å². The molecule has 1 N–H and O–H groups in total. The van der Waals surface area contributed by atoms with Crippen LogP contribution in [0.15, 0.2) is 18.2 Å². The van der Waals surface area contributed by atoms with Gasteiger partial charge >= 0.3 is 0 Å². The van der Waals surface area contributed by atoms with Crippen molar-refractivity contribution in [2.75, 3.05) is 30.2 Å². The van der Waals surface area contributed by atoms with Crippen LogP contribution in [0.25, 0.3) is 0 Å². The number of carbonyl (C=O) groups is 1. The first-order valence-corrected chi connectivity index (χ1v) is 9.17. The van der Waals surface area contributed by atoms with E-state index in [4.69, 9.17) is 0 Å². The van der Waals surface area contributed by atoms with Gasteiger partial charge in [-0.1, -0.05) is 0 Å². The Morgan fingerprint density at radius 1 is 1.29 bits per heavy atom. The maximum absolute atomic E-state index is 12.5. The van der Waals surface area contributed by atoms with Crippen LogP contribution in [-0.2, 0) is 16.4 Å². The molecule has 114 valence electrons. The normalized spacial score (nSPS) is 19.6. The Morgan fingerprint density at radius 3 is 2.67 bits per heavy atom. The fourth-order valence-corrected chi connectivity index (χ4v) is 4.15. The summed E-state index contributed by atoms with van der Waals surface area (Å²) >= 11 is 0. The highest BCUT2D eigenvalue weighted by molar-refractivity contribution is 7.92. The second-order valence-corrected chi connectivity index (χ2v) is 7.72. The quantitative estimate of drug-likeness (QED) is 0.852. The Bertz CT molecular complexity index is 663. The van der Waals surface area contributed by atoms with Crippen molar-refractivity contribution in [3.63, 3.8) is 0 Å². The van der Waals surface area contributed by atoms with E-state index in [0.717, 1.165) is 42.7 Å². The summed E-state index contributed by atoms with van der Waals surface area (Å²) in [4.78, 5) is 12.5. The number of sulfonamides is 1. The molecule has 21 heavy (non-hydrogen) atoms. The predicted molar refractivity (Wildman–Crippen MR) is 82.3 cm³/mol. The fourth-order valence-electron chi connectivity index (χ4n) is 3.19. The van der Waals surface area contributed by atoms with Gasteiger partial charge in [0.15, 0.2) is 5.78 Å². The van der Waals surface area contributed by atoms with Crippen LogP contribution in [0, 0.1) is 5.92 Å². The number of carbonyl (C=O) groups excluding carboxylic acids is 1. The second-order valence-electron chi connectivity index (χ2n) is 5.82. The van der Waals surface area contributed by atoms with Crippen LogP contribution in [-0.4, -0.2) is 40.1 Å². The SMILES string of the molecule is CS(=O)(=O)N1CCc2cc(C(=O)C3CCNCC3)ccc21. The highest BCUT2D eigenvalue weighted by Crippen LogP contribution is 2.31. The molecule has 2 aliphatic heterocycles. The third-order valence-corrected chi connectivity index (χ3v) is 5.51. The molecule has 0 bridgehead atoms. The van der Waals surface area contributed by atoms with E-state index >= 15 is 0 Å². The van der Waals surface area contributed by atoms with Gasteiger partial charge in [0.1, 0.15) is 0 Å². The minimum atomic E-state index is -3.23. The highest BCUT2D eigenvalue weighted by atomic mass is 32.2. The summed E-state index contributed by atoms with van der Waals surface area (Å²) in [5, 5.41) is 3.26. The fraction of sp³-hybridized carbons (Fsp3) is 0.533. The molecular formula is C15H20N2O3S. The van der Waals surface area contributed by atoms with Crippen molar-refractivity contribution in [2.45, 2.75) is 19.3 Å². The molecule has 0 aliphatic carbocycles. The summed E-state index contributed by atoms with van der Waals surface area (Å²) in [7, 11) is -3.23. The number of rotatable bonds is 3. The lowest BCUT2D eigenvalue weighted by Gasteiger charge is -2.22. The lowest BCUT2D eigenvalue weighted by atomic mass is 9.89. The molecule has 1 saturated heterocycles. The topological polar surface area (TPSA) is 66.5 Å². The average molecular weight is 308 g/mol. The number of nitrogens with one attached hydrogen (secondary N) is 1. The lowest BCUT2D eigenvalue weighted by molar-refractivity contribution is 0.0895. The molecule has 5 nitrogen and oxygen atoms in total. The molecule has 2 heterocycles. The van der Waals surface area contributed by atoms with Gasteiger partial charge in [-0.3, -0.25) is 9.10 Å². The minimum absolute atomic E-state index is 0.0942. The standard InChI is InChI=1S/C15H20N2O3S/c1-21(19,20)17-9-6-12-10-13(2-3-14(12)17)15(18)11-4-7-16-8-5-11/h2-3,10-11,16H,4-9H2,1H3. The number of anilines is 1. The van der Waals surface area contributed by atoms with Gasteiger partial charge < -0.3 is 5.32 Å². The van der Waals surface area contributed by atoms with Crippen LogP contribution in [0.5, 0.6) is 0 Å². The minimum Gasteiger partial charge on any atom is -0.317 e. The van der Waals surface area contributed by atoms with E-state index in [1.165, 1.54) is 10.6 Å². The summed E-state index contributed by atoms with van der Waals surface area (Å²) in [5.41, 5.74) is 2.40. The molecule has 0 atom stereocenters. The lowest BCUT2D eigenvalue weighted by Crippen LogP contribution is -2.31. The number of nitrogens with zero attached hydrogens (tertiary/aromatic N) is 1. The monoisotopic (exact) mass is 308 g/mol. The van der Waals surface area contributed by atoms with Crippen molar-refractivity contribution in [1.82, 2.24) is 5.32 Å². The highest BCUT2D eigenvalue weighted by Gasteiger charge is 2.28. The van der Waals surface area contributed by atoms with E-state index in [1.807, 2.05) is 6.07 Å². The zero-order chi connectivity index (χ0) is 15.0. The number of piperidine rings is 1. The molecule has 0 spiro atoms. The van der Waals surface area contributed by atoms with E-state index in [1.54, 1.807) is 12.1 Å². The number of ketones is 1. The van der Waals surface area contributed by atoms with Gasteiger partial charge in [0, 0.05) is 18.0 Å². The zero-order valence-corrected chi connectivity index (χ0v) is 12.9. The Labute approximate surface area is 125 Å². The maximum atomic E-state index is 12.5. The molecule has 0 saturated carbocycles. The summed E-state index contributed by atoms with van der Waals surface area (Å²) in [6.07, 6.45) is 3.66. The van der Waals surface area contributed by atoms with Crippen LogP contribution < -0.4 is 9.62 Å². The molecule has 0 aromatic heterocycles. The van der Waals surface area contributed by atoms with Gasteiger partial charge in [-0.2, -0.15) is 0 Å². The van der Waals surface area contributed by atoms with E-state index in [9.17, 15) is 13.2 Å². The number of fused-ring (bicyclic) bond motifs is 1. The Hall–Kier alpha value is -1.40. The second kappa shape index (κ2) is 5.42.